The minimum Gasteiger partial charge on any atom is -0.497 e. The highest BCUT2D eigenvalue weighted by molar-refractivity contribution is 5.95. The molecule has 132 valence electrons. The smallest absolute Gasteiger partial charge is 0.223 e. The Hall–Kier alpha value is -3.54. The molecule has 3 rings (SSSR count). The number of hydrogen-bond acceptors (Lipinski definition) is 5. The Morgan fingerprint density at radius 3 is 2.69 bits per heavy atom. The molecule has 0 aliphatic carbocycles. The molecular weight excluding hydrogens is 328 g/mol. The Kier molecular flexibility index (Phi) is 5.34. The molecule has 0 amide bonds. The van der Waals surface area contributed by atoms with Crippen molar-refractivity contribution in [3.05, 3.63) is 72.4 Å². The summed E-state index contributed by atoms with van der Waals surface area (Å²) in [6, 6.07) is 17.4. The van der Waals surface area contributed by atoms with E-state index < -0.39 is 0 Å². The fourth-order valence-corrected chi connectivity index (χ4v) is 2.48. The molecule has 0 aliphatic rings. The first-order chi connectivity index (χ1) is 12.7. The molecule has 2 aromatic carbocycles. The average molecular weight is 348 g/mol. The lowest BCUT2D eigenvalue weighted by Crippen LogP contribution is -2.08. The predicted molar refractivity (Wildman–Crippen MR) is 104 cm³/mol. The van der Waals surface area contributed by atoms with E-state index >= 15 is 0 Å². The monoisotopic (exact) mass is 348 g/mol. The minimum absolute atomic E-state index is 0.260. The van der Waals surface area contributed by atoms with Crippen molar-refractivity contribution in [1.29, 1.82) is 0 Å². The lowest BCUT2D eigenvalue weighted by molar-refractivity contribution is 0.298. The van der Waals surface area contributed by atoms with Crippen molar-refractivity contribution >= 4 is 22.4 Å². The van der Waals surface area contributed by atoms with Crippen molar-refractivity contribution in [2.24, 2.45) is 16.5 Å². The van der Waals surface area contributed by atoms with Crippen LogP contribution in [-0.2, 0) is 6.61 Å². The Labute approximate surface area is 151 Å². The van der Waals surface area contributed by atoms with Crippen LogP contribution in [0.3, 0.4) is 0 Å². The third-order valence-corrected chi connectivity index (χ3v) is 3.72. The van der Waals surface area contributed by atoms with Gasteiger partial charge in [0, 0.05) is 5.39 Å². The molecule has 0 aliphatic heterocycles. The second-order valence-corrected chi connectivity index (χ2v) is 5.54. The van der Waals surface area contributed by atoms with Crippen LogP contribution in [0.1, 0.15) is 5.56 Å². The van der Waals surface area contributed by atoms with E-state index in [-0.39, 0.29) is 5.84 Å². The second kappa shape index (κ2) is 8.02. The third kappa shape index (κ3) is 4.10. The number of amidine groups is 1. The first kappa shape index (κ1) is 17.3. The van der Waals surface area contributed by atoms with Crippen molar-refractivity contribution in [1.82, 2.24) is 4.98 Å². The minimum atomic E-state index is 0.260. The molecule has 4 N–H and O–H groups in total. The van der Waals surface area contributed by atoms with Gasteiger partial charge in [-0.25, -0.2) is 4.99 Å². The van der Waals surface area contributed by atoms with Crippen LogP contribution >= 0.6 is 0 Å². The SMILES string of the molecule is COc1ccc2c(OCc3ccccc3)nc(N=C(N)/C=C\N)cc2c1. The third-order valence-electron chi connectivity index (χ3n) is 3.72. The number of aromatic nitrogens is 1. The van der Waals surface area contributed by atoms with E-state index in [4.69, 9.17) is 20.9 Å². The molecule has 3 aromatic rings. The zero-order chi connectivity index (χ0) is 18.4. The van der Waals surface area contributed by atoms with Crippen LogP contribution in [0.25, 0.3) is 10.8 Å². The Morgan fingerprint density at radius 1 is 1.15 bits per heavy atom. The van der Waals surface area contributed by atoms with Crippen LogP contribution < -0.4 is 20.9 Å². The van der Waals surface area contributed by atoms with E-state index in [9.17, 15) is 0 Å². The van der Waals surface area contributed by atoms with Gasteiger partial charge in [0.25, 0.3) is 0 Å². The molecule has 0 bridgehead atoms. The molecule has 1 heterocycles. The quantitative estimate of drug-likeness (QED) is 0.526. The molecule has 1 aromatic heterocycles. The van der Waals surface area contributed by atoms with Gasteiger partial charge in [-0.15, -0.1) is 0 Å². The van der Waals surface area contributed by atoms with Gasteiger partial charge in [-0.3, -0.25) is 0 Å². The van der Waals surface area contributed by atoms with Gasteiger partial charge in [0.15, 0.2) is 5.82 Å². The molecule has 0 radical (unpaired) electrons. The Bertz CT molecular complexity index is 953. The standard InChI is InChI=1S/C20H20N4O2/c1-25-16-7-8-17-15(11-16)12-19(23-18(22)9-10-21)24-20(17)26-13-14-5-3-2-4-6-14/h2-12H,13,21H2,1H3,(H2,22,23,24)/b10-9-. The maximum Gasteiger partial charge on any atom is 0.223 e. The number of hydrogen-bond donors (Lipinski definition) is 2. The van der Waals surface area contributed by atoms with E-state index in [1.807, 2.05) is 54.6 Å². The molecule has 0 saturated heterocycles. The lowest BCUT2D eigenvalue weighted by Gasteiger charge is -2.11. The molecule has 26 heavy (non-hydrogen) atoms. The van der Waals surface area contributed by atoms with Crippen molar-refractivity contribution in [2.75, 3.05) is 7.11 Å². The van der Waals surface area contributed by atoms with Crippen molar-refractivity contribution in [2.45, 2.75) is 6.61 Å². The molecule has 0 fully saturated rings. The van der Waals surface area contributed by atoms with Gasteiger partial charge in [-0.2, -0.15) is 4.98 Å². The van der Waals surface area contributed by atoms with E-state index in [0.29, 0.717) is 18.3 Å². The zero-order valence-corrected chi connectivity index (χ0v) is 14.4. The second-order valence-electron chi connectivity index (χ2n) is 5.54. The first-order valence-corrected chi connectivity index (χ1v) is 8.07. The number of nitrogens with zero attached hydrogens (tertiary/aromatic N) is 2. The van der Waals surface area contributed by atoms with Crippen LogP contribution in [-0.4, -0.2) is 17.9 Å². The summed E-state index contributed by atoms with van der Waals surface area (Å²) in [6.07, 6.45) is 2.83. The van der Waals surface area contributed by atoms with Crippen molar-refractivity contribution < 1.29 is 9.47 Å². The van der Waals surface area contributed by atoms with E-state index in [2.05, 4.69) is 9.98 Å². The maximum absolute atomic E-state index is 5.96. The highest BCUT2D eigenvalue weighted by Gasteiger charge is 2.09. The first-order valence-electron chi connectivity index (χ1n) is 8.07. The molecule has 0 atom stereocenters. The molecule has 0 saturated carbocycles. The van der Waals surface area contributed by atoms with E-state index in [1.165, 1.54) is 12.3 Å². The average Bonchev–Trinajstić information content (AvgIpc) is 2.66. The fourth-order valence-electron chi connectivity index (χ4n) is 2.48. The van der Waals surface area contributed by atoms with Crippen LogP contribution in [0.4, 0.5) is 5.82 Å². The summed E-state index contributed by atoms with van der Waals surface area (Å²) in [5.74, 6) is 1.92. The van der Waals surface area contributed by atoms with E-state index in [1.54, 1.807) is 7.11 Å². The van der Waals surface area contributed by atoms with Gasteiger partial charge in [-0.05, 0) is 47.5 Å². The summed E-state index contributed by atoms with van der Waals surface area (Å²) in [6.45, 7) is 0.403. The number of fused-ring (bicyclic) bond motifs is 1. The molecule has 0 spiro atoms. The summed E-state index contributed by atoms with van der Waals surface area (Å²) in [7, 11) is 1.62. The largest absolute Gasteiger partial charge is 0.497 e. The summed E-state index contributed by atoms with van der Waals surface area (Å²) in [5.41, 5.74) is 12.2. The summed E-state index contributed by atoms with van der Waals surface area (Å²) in [4.78, 5) is 8.75. The van der Waals surface area contributed by atoms with Gasteiger partial charge >= 0.3 is 0 Å². The number of pyridine rings is 1. The summed E-state index contributed by atoms with van der Waals surface area (Å²) in [5, 5.41) is 1.76. The number of rotatable bonds is 6. The van der Waals surface area contributed by atoms with Gasteiger partial charge in [0.1, 0.15) is 18.2 Å². The topological polar surface area (TPSA) is 95.8 Å². The molecular formula is C20H20N4O2. The predicted octanol–water partition coefficient (Wildman–Crippen LogP) is 3.28. The van der Waals surface area contributed by atoms with Crippen molar-refractivity contribution in [3.63, 3.8) is 0 Å². The van der Waals surface area contributed by atoms with Crippen LogP contribution in [0.15, 0.2) is 71.9 Å². The van der Waals surface area contributed by atoms with Gasteiger partial charge in [-0.1, -0.05) is 30.3 Å². The van der Waals surface area contributed by atoms with Crippen molar-refractivity contribution in [3.8, 4) is 11.6 Å². The zero-order valence-electron chi connectivity index (χ0n) is 14.4. The normalized spacial score (nSPS) is 11.8. The van der Waals surface area contributed by atoms with Crippen LogP contribution in [0.5, 0.6) is 11.6 Å². The summed E-state index contributed by atoms with van der Waals surface area (Å²) < 4.78 is 11.3. The number of benzene rings is 2. The van der Waals surface area contributed by atoms with Gasteiger partial charge in [0.2, 0.25) is 5.88 Å². The Balaban J connectivity index is 2.02. The van der Waals surface area contributed by atoms with Gasteiger partial charge in [0.05, 0.1) is 7.11 Å². The number of ether oxygens (including phenoxy) is 2. The molecule has 0 unspecified atom stereocenters. The number of methoxy groups -OCH3 is 1. The fraction of sp³-hybridized carbons (Fsp3) is 0.100. The van der Waals surface area contributed by atoms with Crippen LogP contribution in [0.2, 0.25) is 0 Å². The lowest BCUT2D eigenvalue weighted by atomic mass is 10.1. The van der Waals surface area contributed by atoms with Gasteiger partial charge < -0.3 is 20.9 Å². The maximum atomic E-state index is 5.96. The molecule has 6 nitrogen and oxygen atoms in total. The summed E-state index contributed by atoms with van der Waals surface area (Å²) >= 11 is 0. The number of nitrogens with two attached hydrogens (primary N) is 2. The highest BCUT2D eigenvalue weighted by Crippen LogP contribution is 2.31. The number of aliphatic imine (C=N–C) groups is 1. The van der Waals surface area contributed by atoms with E-state index in [0.717, 1.165) is 22.1 Å². The van der Waals surface area contributed by atoms with Crippen LogP contribution in [0, 0.1) is 0 Å². The Morgan fingerprint density at radius 2 is 1.96 bits per heavy atom. The molecule has 6 heteroatoms. The highest BCUT2D eigenvalue weighted by atomic mass is 16.5.